The lowest BCUT2D eigenvalue weighted by Crippen LogP contribution is -2.13. The van der Waals surface area contributed by atoms with E-state index >= 15 is 0 Å². The molecule has 4 nitrogen and oxygen atoms in total. The van der Waals surface area contributed by atoms with Crippen molar-refractivity contribution in [1.29, 1.82) is 0 Å². The van der Waals surface area contributed by atoms with E-state index in [9.17, 15) is 0 Å². The lowest BCUT2D eigenvalue weighted by atomic mass is 10.2. The number of methoxy groups -OCH3 is 2. The van der Waals surface area contributed by atoms with Crippen LogP contribution in [0.2, 0.25) is 0 Å². The van der Waals surface area contributed by atoms with Gasteiger partial charge in [-0.3, -0.25) is 0 Å². The summed E-state index contributed by atoms with van der Waals surface area (Å²) in [6.45, 7) is 4.11. The lowest BCUT2D eigenvalue weighted by Gasteiger charge is -2.10. The van der Waals surface area contributed by atoms with Crippen molar-refractivity contribution in [2.24, 2.45) is 0 Å². The number of hydrogen-bond acceptors (Lipinski definition) is 5. The third-order valence-corrected chi connectivity index (χ3v) is 4.22. The minimum atomic E-state index is 0.729. The Bertz CT molecular complexity index is 569. The lowest BCUT2D eigenvalue weighted by molar-refractivity contribution is 0.356. The van der Waals surface area contributed by atoms with Crippen LogP contribution in [0.4, 0.5) is 0 Å². The summed E-state index contributed by atoms with van der Waals surface area (Å²) in [6, 6.07) is 5.86. The minimum Gasteiger partial charge on any atom is -0.493 e. The highest BCUT2D eigenvalue weighted by Gasteiger charge is 2.14. The summed E-state index contributed by atoms with van der Waals surface area (Å²) in [5.74, 6) is 1.47. The van der Waals surface area contributed by atoms with Gasteiger partial charge < -0.3 is 14.8 Å². The van der Waals surface area contributed by atoms with Crippen LogP contribution < -0.4 is 14.8 Å². The second-order valence-electron chi connectivity index (χ2n) is 4.70. The molecule has 2 aromatic rings. The molecule has 0 aliphatic rings. The van der Waals surface area contributed by atoms with Gasteiger partial charge >= 0.3 is 0 Å². The first-order chi connectivity index (χ1) is 10.3. The van der Waals surface area contributed by atoms with Crippen molar-refractivity contribution in [1.82, 2.24) is 10.3 Å². The molecule has 0 amide bonds. The average Bonchev–Trinajstić information content (AvgIpc) is 2.99. The molecule has 0 unspecified atom stereocenters. The van der Waals surface area contributed by atoms with Crippen LogP contribution in [0, 0.1) is 0 Å². The Balaban J connectivity index is 2.14. The van der Waals surface area contributed by atoms with E-state index in [1.807, 2.05) is 24.4 Å². The van der Waals surface area contributed by atoms with Crippen molar-refractivity contribution in [3.8, 4) is 22.1 Å². The van der Waals surface area contributed by atoms with Crippen LogP contribution in [0.1, 0.15) is 24.6 Å². The summed E-state index contributed by atoms with van der Waals surface area (Å²) >= 11 is 1.68. The highest BCUT2D eigenvalue weighted by Crippen LogP contribution is 2.39. The van der Waals surface area contributed by atoms with Gasteiger partial charge in [-0.1, -0.05) is 19.4 Å². The number of nitrogens with zero attached hydrogens (tertiary/aromatic N) is 1. The third-order valence-electron chi connectivity index (χ3n) is 3.19. The van der Waals surface area contributed by atoms with Crippen LogP contribution in [-0.4, -0.2) is 25.7 Å². The Morgan fingerprint density at radius 3 is 2.81 bits per heavy atom. The first kappa shape index (κ1) is 15.8. The number of para-hydroxylation sites is 1. The summed E-state index contributed by atoms with van der Waals surface area (Å²) < 4.78 is 10.8. The van der Waals surface area contributed by atoms with E-state index in [-0.39, 0.29) is 0 Å². The van der Waals surface area contributed by atoms with E-state index in [0.29, 0.717) is 0 Å². The van der Waals surface area contributed by atoms with E-state index < -0.39 is 0 Å². The zero-order chi connectivity index (χ0) is 15.1. The Morgan fingerprint density at radius 1 is 1.24 bits per heavy atom. The van der Waals surface area contributed by atoms with Gasteiger partial charge in [0.1, 0.15) is 5.01 Å². The maximum Gasteiger partial charge on any atom is 0.170 e. The Morgan fingerprint density at radius 2 is 2.10 bits per heavy atom. The van der Waals surface area contributed by atoms with Crippen molar-refractivity contribution >= 4 is 11.3 Å². The fourth-order valence-corrected chi connectivity index (χ4v) is 2.99. The molecule has 5 heteroatoms. The summed E-state index contributed by atoms with van der Waals surface area (Å²) in [7, 11) is 3.30. The zero-order valence-corrected chi connectivity index (χ0v) is 13.6. The fraction of sp³-hybridized carbons (Fsp3) is 0.438. The van der Waals surface area contributed by atoms with Crippen molar-refractivity contribution in [3.05, 3.63) is 29.3 Å². The maximum atomic E-state index is 5.47. The number of ether oxygens (including phenoxy) is 2. The molecular formula is C16H22N2O2S. The van der Waals surface area contributed by atoms with Crippen LogP contribution in [0.15, 0.2) is 24.4 Å². The van der Waals surface area contributed by atoms with Crippen LogP contribution in [0.25, 0.3) is 10.6 Å². The van der Waals surface area contributed by atoms with Crippen LogP contribution in [-0.2, 0) is 6.54 Å². The quantitative estimate of drug-likeness (QED) is 0.755. The van der Waals surface area contributed by atoms with Crippen molar-refractivity contribution in [2.45, 2.75) is 26.3 Å². The summed E-state index contributed by atoms with van der Waals surface area (Å²) in [6.07, 6.45) is 4.34. The van der Waals surface area contributed by atoms with Gasteiger partial charge in [0.25, 0.3) is 0 Å². The molecule has 0 atom stereocenters. The molecule has 0 aliphatic heterocycles. The highest BCUT2D eigenvalue weighted by molar-refractivity contribution is 7.15. The van der Waals surface area contributed by atoms with E-state index in [1.165, 1.54) is 17.7 Å². The molecule has 1 N–H and O–H groups in total. The van der Waals surface area contributed by atoms with Crippen LogP contribution in [0.3, 0.4) is 0 Å². The van der Waals surface area contributed by atoms with E-state index in [1.54, 1.807) is 25.6 Å². The van der Waals surface area contributed by atoms with E-state index in [4.69, 9.17) is 9.47 Å². The fourth-order valence-electron chi connectivity index (χ4n) is 2.08. The predicted octanol–water partition coefficient (Wildman–Crippen LogP) is 3.72. The van der Waals surface area contributed by atoms with Gasteiger partial charge in [-0.05, 0) is 25.1 Å². The molecule has 21 heavy (non-hydrogen) atoms. The summed E-state index contributed by atoms with van der Waals surface area (Å²) in [4.78, 5) is 5.74. The molecule has 2 rings (SSSR count). The van der Waals surface area contributed by atoms with Gasteiger partial charge in [0.05, 0.1) is 19.8 Å². The predicted molar refractivity (Wildman–Crippen MR) is 87.3 cm³/mol. The van der Waals surface area contributed by atoms with Gasteiger partial charge in [-0.15, -0.1) is 11.3 Å². The minimum absolute atomic E-state index is 0.729. The summed E-state index contributed by atoms with van der Waals surface area (Å²) in [5, 5.41) is 4.39. The van der Waals surface area contributed by atoms with Gasteiger partial charge in [0.15, 0.2) is 11.5 Å². The third kappa shape index (κ3) is 3.95. The first-order valence-electron chi connectivity index (χ1n) is 7.17. The molecule has 0 spiro atoms. The van der Waals surface area contributed by atoms with E-state index in [0.717, 1.165) is 35.2 Å². The van der Waals surface area contributed by atoms with Crippen LogP contribution in [0.5, 0.6) is 11.5 Å². The van der Waals surface area contributed by atoms with Gasteiger partial charge in [0, 0.05) is 17.6 Å². The molecule has 0 saturated heterocycles. The number of hydrogen-bond donors (Lipinski definition) is 1. The second kappa shape index (κ2) is 8.00. The number of unbranched alkanes of at least 4 members (excludes halogenated alkanes) is 1. The summed E-state index contributed by atoms with van der Waals surface area (Å²) in [5.41, 5.74) is 0.974. The van der Waals surface area contributed by atoms with Gasteiger partial charge in [0.2, 0.25) is 0 Å². The number of nitrogens with one attached hydrogen (secondary N) is 1. The molecule has 0 aliphatic carbocycles. The SMILES string of the molecule is CCCCNCc1cnc(-c2cccc(OC)c2OC)s1. The molecule has 0 bridgehead atoms. The Hall–Kier alpha value is -1.59. The smallest absolute Gasteiger partial charge is 0.170 e. The topological polar surface area (TPSA) is 43.4 Å². The Labute approximate surface area is 130 Å². The molecule has 1 aromatic carbocycles. The monoisotopic (exact) mass is 306 g/mol. The Kier molecular flexibility index (Phi) is 6.02. The molecule has 1 heterocycles. The molecular weight excluding hydrogens is 284 g/mol. The number of rotatable bonds is 8. The van der Waals surface area contributed by atoms with E-state index in [2.05, 4.69) is 17.2 Å². The van der Waals surface area contributed by atoms with Gasteiger partial charge in [-0.25, -0.2) is 4.98 Å². The molecule has 0 radical (unpaired) electrons. The molecule has 1 aromatic heterocycles. The highest BCUT2D eigenvalue weighted by atomic mass is 32.1. The van der Waals surface area contributed by atoms with Crippen molar-refractivity contribution < 1.29 is 9.47 Å². The van der Waals surface area contributed by atoms with Crippen molar-refractivity contribution in [2.75, 3.05) is 20.8 Å². The first-order valence-corrected chi connectivity index (χ1v) is 7.98. The van der Waals surface area contributed by atoms with Gasteiger partial charge in [-0.2, -0.15) is 0 Å². The maximum absolute atomic E-state index is 5.47. The second-order valence-corrected chi connectivity index (χ2v) is 5.82. The molecule has 114 valence electrons. The molecule has 0 fully saturated rings. The standard InChI is InChI=1S/C16H22N2O2S/c1-4-5-9-17-10-12-11-18-16(21-12)13-7-6-8-14(19-2)15(13)20-3/h6-8,11,17H,4-5,9-10H2,1-3H3. The van der Waals surface area contributed by atoms with Crippen LogP contribution >= 0.6 is 11.3 Å². The van der Waals surface area contributed by atoms with Crippen molar-refractivity contribution in [3.63, 3.8) is 0 Å². The zero-order valence-electron chi connectivity index (χ0n) is 12.8. The molecule has 0 saturated carbocycles. The number of thiazole rings is 1. The normalized spacial score (nSPS) is 10.6. The average molecular weight is 306 g/mol. The largest absolute Gasteiger partial charge is 0.493 e. The number of aromatic nitrogens is 1. The number of benzene rings is 1.